The van der Waals surface area contributed by atoms with Crippen LogP contribution in [0.2, 0.25) is 0 Å². The van der Waals surface area contributed by atoms with Crippen molar-refractivity contribution in [3.63, 3.8) is 0 Å². The molecule has 1 aromatic rings. The van der Waals surface area contributed by atoms with Gasteiger partial charge in [0.05, 0.1) is 12.3 Å². The standard InChI is InChI=1S/C13H18N2O2/c1-3-17-13(16)8-6-10-15(2)11-12-7-4-5-9-14-12/h4-9H,3,10-11H2,1-2H3/b8-6+. The first-order chi connectivity index (χ1) is 8.22. The molecule has 0 amide bonds. The Morgan fingerprint density at radius 1 is 1.53 bits per heavy atom. The summed E-state index contributed by atoms with van der Waals surface area (Å²) >= 11 is 0. The van der Waals surface area contributed by atoms with E-state index in [0.717, 1.165) is 12.2 Å². The van der Waals surface area contributed by atoms with Gasteiger partial charge in [-0.15, -0.1) is 0 Å². The first-order valence-electron chi connectivity index (χ1n) is 5.64. The third-order valence-corrected chi connectivity index (χ3v) is 2.12. The molecular formula is C13H18N2O2. The van der Waals surface area contributed by atoms with Gasteiger partial charge in [-0.05, 0) is 26.1 Å². The number of nitrogens with zero attached hydrogens (tertiary/aromatic N) is 2. The Hall–Kier alpha value is -1.68. The third-order valence-electron chi connectivity index (χ3n) is 2.12. The van der Waals surface area contributed by atoms with Crippen molar-refractivity contribution < 1.29 is 9.53 Å². The normalized spacial score (nSPS) is 11.0. The molecule has 0 N–H and O–H groups in total. The minimum absolute atomic E-state index is 0.293. The van der Waals surface area contributed by atoms with Crippen molar-refractivity contribution in [2.45, 2.75) is 13.5 Å². The van der Waals surface area contributed by atoms with Gasteiger partial charge in [-0.1, -0.05) is 12.1 Å². The number of likely N-dealkylation sites (N-methyl/N-ethyl adjacent to an activating group) is 1. The van der Waals surface area contributed by atoms with E-state index < -0.39 is 0 Å². The van der Waals surface area contributed by atoms with Crippen LogP contribution in [-0.4, -0.2) is 36.1 Å². The van der Waals surface area contributed by atoms with E-state index in [2.05, 4.69) is 9.88 Å². The van der Waals surface area contributed by atoms with Crippen molar-refractivity contribution in [2.75, 3.05) is 20.2 Å². The maximum Gasteiger partial charge on any atom is 0.330 e. The van der Waals surface area contributed by atoms with E-state index in [4.69, 9.17) is 4.74 Å². The van der Waals surface area contributed by atoms with Gasteiger partial charge in [0.1, 0.15) is 0 Å². The van der Waals surface area contributed by atoms with Crippen molar-refractivity contribution in [1.82, 2.24) is 9.88 Å². The first kappa shape index (κ1) is 13.4. The van der Waals surface area contributed by atoms with Crippen LogP contribution in [0.4, 0.5) is 0 Å². The highest BCUT2D eigenvalue weighted by atomic mass is 16.5. The first-order valence-corrected chi connectivity index (χ1v) is 5.64. The molecule has 17 heavy (non-hydrogen) atoms. The van der Waals surface area contributed by atoms with Gasteiger partial charge >= 0.3 is 5.97 Å². The highest BCUT2D eigenvalue weighted by Crippen LogP contribution is 1.98. The highest BCUT2D eigenvalue weighted by molar-refractivity contribution is 5.81. The molecule has 1 aromatic heterocycles. The van der Waals surface area contributed by atoms with Crippen LogP contribution in [0.25, 0.3) is 0 Å². The average molecular weight is 234 g/mol. The zero-order valence-electron chi connectivity index (χ0n) is 10.3. The van der Waals surface area contributed by atoms with Crippen molar-refractivity contribution in [3.05, 3.63) is 42.2 Å². The van der Waals surface area contributed by atoms with Crippen LogP contribution in [0.15, 0.2) is 36.5 Å². The predicted molar refractivity (Wildman–Crippen MR) is 66.3 cm³/mol. The second-order valence-electron chi connectivity index (χ2n) is 3.67. The number of esters is 1. The maximum atomic E-state index is 11.0. The van der Waals surface area contributed by atoms with Crippen LogP contribution in [-0.2, 0) is 16.1 Å². The van der Waals surface area contributed by atoms with Gasteiger partial charge in [-0.3, -0.25) is 9.88 Å². The Kier molecular flexibility index (Phi) is 5.96. The van der Waals surface area contributed by atoms with E-state index in [0.29, 0.717) is 13.2 Å². The summed E-state index contributed by atoms with van der Waals surface area (Å²) in [6.45, 7) is 3.65. The van der Waals surface area contributed by atoms with E-state index in [1.807, 2.05) is 25.2 Å². The number of pyridine rings is 1. The van der Waals surface area contributed by atoms with Gasteiger partial charge < -0.3 is 4.74 Å². The lowest BCUT2D eigenvalue weighted by Gasteiger charge is -2.13. The Bertz CT molecular complexity index is 363. The SMILES string of the molecule is CCOC(=O)/C=C/CN(C)Cc1ccccn1. The Morgan fingerprint density at radius 3 is 3.00 bits per heavy atom. The zero-order valence-corrected chi connectivity index (χ0v) is 10.3. The Labute approximate surface area is 102 Å². The van der Waals surface area contributed by atoms with E-state index in [1.54, 1.807) is 19.2 Å². The average Bonchev–Trinajstić information content (AvgIpc) is 2.30. The fourth-order valence-electron chi connectivity index (χ4n) is 1.35. The lowest BCUT2D eigenvalue weighted by atomic mass is 10.3. The lowest BCUT2D eigenvalue weighted by Crippen LogP contribution is -2.18. The van der Waals surface area contributed by atoms with E-state index in [-0.39, 0.29) is 5.97 Å². The zero-order chi connectivity index (χ0) is 12.5. The number of ether oxygens (including phenoxy) is 1. The Balaban J connectivity index is 2.30. The summed E-state index contributed by atoms with van der Waals surface area (Å²) in [6, 6.07) is 5.83. The van der Waals surface area contributed by atoms with E-state index in [9.17, 15) is 4.79 Å². The largest absolute Gasteiger partial charge is 0.463 e. The molecule has 0 saturated carbocycles. The van der Waals surface area contributed by atoms with Gasteiger partial charge in [0.15, 0.2) is 0 Å². The van der Waals surface area contributed by atoms with Crippen molar-refractivity contribution >= 4 is 5.97 Å². The van der Waals surface area contributed by atoms with Crippen molar-refractivity contribution in [3.8, 4) is 0 Å². The second-order valence-corrected chi connectivity index (χ2v) is 3.67. The molecule has 0 fully saturated rings. The quantitative estimate of drug-likeness (QED) is 0.554. The molecule has 0 saturated heterocycles. The molecule has 0 atom stereocenters. The molecule has 0 aliphatic rings. The van der Waals surface area contributed by atoms with Gasteiger partial charge in [0, 0.05) is 25.4 Å². The minimum Gasteiger partial charge on any atom is -0.463 e. The topological polar surface area (TPSA) is 42.4 Å². The summed E-state index contributed by atoms with van der Waals surface area (Å²) in [5.74, 6) is -0.293. The van der Waals surface area contributed by atoms with Gasteiger partial charge in [0.2, 0.25) is 0 Å². The minimum atomic E-state index is -0.293. The summed E-state index contributed by atoms with van der Waals surface area (Å²) in [4.78, 5) is 17.3. The third kappa shape index (κ3) is 5.82. The van der Waals surface area contributed by atoms with E-state index in [1.165, 1.54) is 6.08 Å². The molecule has 0 aromatic carbocycles. The maximum absolute atomic E-state index is 11.0. The molecular weight excluding hydrogens is 216 g/mol. The smallest absolute Gasteiger partial charge is 0.330 e. The summed E-state index contributed by atoms with van der Waals surface area (Å²) in [7, 11) is 1.98. The fraction of sp³-hybridized carbons (Fsp3) is 0.385. The van der Waals surface area contributed by atoms with Crippen LogP contribution >= 0.6 is 0 Å². The monoisotopic (exact) mass is 234 g/mol. The predicted octanol–water partition coefficient (Wildman–Crippen LogP) is 1.63. The van der Waals surface area contributed by atoms with Crippen LogP contribution in [0.5, 0.6) is 0 Å². The summed E-state index contributed by atoms with van der Waals surface area (Å²) in [5.41, 5.74) is 1.01. The number of aromatic nitrogens is 1. The molecule has 0 aliphatic heterocycles. The number of hydrogen-bond donors (Lipinski definition) is 0. The summed E-state index contributed by atoms with van der Waals surface area (Å²) in [5, 5.41) is 0. The Morgan fingerprint density at radius 2 is 2.35 bits per heavy atom. The molecule has 0 unspecified atom stereocenters. The molecule has 1 rings (SSSR count). The highest BCUT2D eigenvalue weighted by Gasteiger charge is 1.99. The molecule has 0 spiro atoms. The second kappa shape index (κ2) is 7.57. The number of rotatable bonds is 6. The number of carbonyl (C=O) groups is 1. The van der Waals surface area contributed by atoms with E-state index >= 15 is 0 Å². The molecule has 1 heterocycles. The molecule has 4 heteroatoms. The molecule has 0 aliphatic carbocycles. The van der Waals surface area contributed by atoms with Gasteiger partial charge in [0.25, 0.3) is 0 Å². The van der Waals surface area contributed by atoms with Crippen LogP contribution in [0.3, 0.4) is 0 Å². The van der Waals surface area contributed by atoms with Crippen LogP contribution < -0.4 is 0 Å². The van der Waals surface area contributed by atoms with Crippen molar-refractivity contribution in [2.24, 2.45) is 0 Å². The number of hydrogen-bond acceptors (Lipinski definition) is 4. The molecule has 0 radical (unpaired) electrons. The summed E-state index contributed by atoms with van der Waals surface area (Å²) < 4.78 is 4.79. The molecule has 92 valence electrons. The fourth-order valence-corrected chi connectivity index (χ4v) is 1.35. The summed E-state index contributed by atoms with van der Waals surface area (Å²) in [6.07, 6.45) is 5.02. The molecule has 0 bridgehead atoms. The van der Waals surface area contributed by atoms with Crippen molar-refractivity contribution in [1.29, 1.82) is 0 Å². The van der Waals surface area contributed by atoms with Crippen LogP contribution in [0, 0.1) is 0 Å². The van der Waals surface area contributed by atoms with Crippen LogP contribution in [0.1, 0.15) is 12.6 Å². The van der Waals surface area contributed by atoms with Gasteiger partial charge in [-0.2, -0.15) is 0 Å². The number of carbonyl (C=O) groups excluding carboxylic acids is 1. The molecule has 4 nitrogen and oxygen atoms in total. The lowest BCUT2D eigenvalue weighted by molar-refractivity contribution is -0.137. The van der Waals surface area contributed by atoms with Gasteiger partial charge in [-0.25, -0.2) is 4.79 Å².